The van der Waals surface area contributed by atoms with Gasteiger partial charge in [-0.05, 0) is 24.3 Å². The summed E-state index contributed by atoms with van der Waals surface area (Å²) in [7, 11) is 0. The van der Waals surface area contributed by atoms with E-state index in [1.54, 1.807) is 0 Å². The van der Waals surface area contributed by atoms with Crippen LogP contribution in [0, 0.1) is 5.82 Å². The van der Waals surface area contributed by atoms with Crippen LogP contribution in [-0.2, 0) is 4.74 Å². The number of benzene rings is 1. The zero-order valence-electron chi connectivity index (χ0n) is 10.8. The molecule has 0 heterocycles. The van der Waals surface area contributed by atoms with Crippen LogP contribution in [-0.4, -0.2) is 24.9 Å². The van der Waals surface area contributed by atoms with Gasteiger partial charge in [-0.1, -0.05) is 11.6 Å². The lowest BCUT2D eigenvalue weighted by Crippen LogP contribution is -2.16. The van der Waals surface area contributed by atoms with Gasteiger partial charge in [0.15, 0.2) is 0 Å². The number of allylic oxidation sites excluding steroid dienone is 1. The van der Waals surface area contributed by atoms with Crippen LogP contribution in [0.2, 0.25) is 5.02 Å². The van der Waals surface area contributed by atoms with Gasteiger partial charge in [-0.15, -0.1) is 0 Å². The lowest BCUT2D eigenvalue weighted by atomic mass is 10.1. The third kappa shape index (κ3) is 4.73. The quantitative estimate of drug-likeness (QED) is 0.461. The Balaban J connectivity index is 2.91. The number of aliphatic hydroxyl groups excluding tert-OH is 1. The van der Waals surface area contributed by atoms with Crippen LogP contribution in [0.1, 0.15) is 5.56 Å². The van der Waals surface area contributed by atoms with Gasteiger partial charge in [0, 0.05) is 16.3 Å². The fourth-order valence-electron chi connectivity index (χ4n) is 1.39. The number of halogens is 2. The number of hydrogen-bond acceptors (Lipinski definition) is 5. The van der Waals surface area contributed by atoms with E-state index in [1.165, 1.54) is 24.3 Å². The predicted octanol–water partition coefficient (Wildman–Crippen LogP) is 0.917. The molecule has 0 unspecified atom stereocenters. The second kappa shape index (κ2) is 7.74. The van der Waals surface area contributed by atoms with E-state index in [4.69, 9.17) is 38.6 Å². The van der Waals surface area contributed by atoms with E-state index in [9.17, 15) is 4.39 Å². The van der Waals surface area contributed by atoms with Crippen LogP contribution in [0.15, 0.2) is 35.7 Å². The molecular weight excluding hydrogens is 285 g/mol. The smallest absolute Gasteiger partial charge is 0.132 e. The average Bonchev–Trinajstić information content (AvgIpc) is 2.41. The lowest BCUT2D eigenvalue weighted by Gasteiger charge is -2.08. The Morgan fingerprint density at radius 1 is 1.35 bits per heavy atom. The van der Waals surface area contributed by atoms with E-state index in [0.29, 0.717) is 5.02 Å². The summed E-state index contributed by atoms with van der Waals surface area (Å²) in [6, 6.07) is 4.03. The second-order valence-electron chi connectivity index (χ2n) is 3.98. The van der Waals surface area contributed by atoms with E-state index in [2.05, 4.69) is 0 Å². The highest BCUT2D eigenvalue weighted by Gasteiger charge is 2.07. The first kappa shape index (κ1) is 16.3. The van der Waals surface area contributed by atoms with Crippen molar-refractivity contribution in [2.75, 3.05) is 19.8 Å². The van der Waals surface area contributed by atoms with Crippen molar-refractivity contribution in [3.63, 3.8) is 0 Å². The van der Waals surface area contributed by atoms with Crippen LogP contribution in [0.5, 0.6) is 0 Å². The maximum Gasteiger partial charge on any atom is 0.132 e. The molecule has 20 heavy (non-hydrogen) atoms. The molecule has 0 aliphatic rings. The maximum absolute atomic E-state index is 13.6. The zero-order chi connectivity index (χ0) is 15.1. The van der Waals surface area contributed by atoms with Crippen LogP contribution in [0.4, 0.5) is 4.39 Å². The average molecular weight is 302 g/mol. The Labute approximate surface area is 121 Å². The molecule has 1 aromatic carbocycles. The summed E-state index contributed by atoms with van der Waals surface area (Å²) in [5, 5.41) is 8.93. The Bertz CT molecular complexity index is 532. The van der Waals surface area contributed by atoms with Gasteiger partial charge in [-0.2, -0.15) is 0 Å². The first-order chi connectivity index (χ1) is 9.45. The van der Waals surface area contributed by atoms with Crippen molar-refractivity contribution >= 4 is 17.3 Å². The van der Waals surface area contributed by atoms with E-state index < -0.39 is 5.82 Å². The van der Waals surface area contributed by atoms with E-state index in [0.717, 1.165) is 0 Å². The van der Waals surface area contributed by atoms with Gasteiger partial charge < -0.3 is 27.0 Å². The van der Waals surface area contributed by atoms with Gasteiger partial charge in [0.1, 0.15) is 5.82 Å². The molecule has 0 radical (unpaired) electrons. The number of rotatable bonds is 6. The highest BCUT2D eigenvalue weighted by atomic mass is 35.5. The van der Waals surface area contributed by atoms with Gasteiger partial charge in [0.2, 0.25) is 0 Å². The summed E-state index contributed by atoms with van der Waals surface area (Å²) in [6.07, 6.45) is 1.34. The summed E-state index contributed by atoms with van der Waals surface area (Å²) >= 11 is 5.78. The molecule has 0 aromatic heterocycles. The van der Waals surface area contributed by atoms with Crippen molar-refractivity contribution < 1.29 is 14.2 Å². The molecule has 110 valence electrons. The third-order valence-electron chi connectivity index (χ3n) is 2.41. The van der Waals surface area contributed by atoms with Crippen molar-refractivity contribution in [3.05, 3.63) is 52.1 Å². The fraction of sp³-hybridized carbons (Fsp3) is 0.231. The van der Waals surface area contributed by atoms with E-state index in [1.807, 2.05) is 0 Å². The molecule has 0 aliphatic heterocycles. The lowest BCUT2D eigenvalue weighted by molar-refractivity contribution is 0.107. The minimum absolute atomic E-state index is 0.0498. The molecular formula is C13H17ClFN3O2. The summed E-state index contributed by atoms with van der Waals surface area (Å²) in [5.74, 6) is -0.508. The standard InChI is InChI=1S/C13H17ClFN3O2/c14-8-1-2-10(15)9(5-8)11(16)6-12(17)13(18)7-20-4-3-19/h1-2,5-6,19H,3-4,7,16-18H2/b11-6-,13-12+. The normalized spacial score (nSPS) is 13.2. The first-order valence-corrected chi connectivity index (χ1v) is 6.18. The SMILES string of the molecule is N/C(=C\C(N)=C(/N)COCCO)c1cc(Cl)ccc1F. The molecule has 0 aliphatic carbocycles. The van der Waals surface area contributed by atoms with Crippen molar-refractivity contribution in [3.8, 4) is 0 Å². The molecule has 0 saturated carbocycles. The summed E-state index contributed by atoms with van der Waals surface area (Å²) in [4.78, 5) is 0. The molecule has 0 spiro atoms. The topological polar surface area (TPSA) is 108 Å². The highest BCUT2D eigenvalue weighted by Crippen LogP contribution is 2.20. The predicted molar refractivity (Wildman–Crippen MR) is 76.9 cm³/mol. The molecule has 0 fully saturated rings. The number of hydrogen-bond donors (Lipinski definition) is 4. The van der Waals surface area contributed by atoms with Crippen molar-refractivity contribution in [2.45, 2.75) is 0 Å². The minimum atomic E-state index is -0.508. The van der Waals surface area contributed by atoms with Gasteiger partial charge in [0.25, 0.3) is 0 Å². The molecule has 1 rings (SSSR count). The molecule has 5 nitrogen and oxygen atoms in total. The van der Waals surface area contributed by atoms with Crippen LogP contribution in [0.3, 0.4) is 0 Å². The largest absolute Gasteiger partial charge is 0.398 e. The van der Waals surface area contributed by atoms with Gasteiger partial charge in [0.05, 0.1) is 31.2 Å². The fourth-order valence-corrected chi connectivity index (χ4v) is 1.56. The summed E-state index contributed by atoms with van der Waals surface area (Å²) in [6.45, 7) is 0.0865. The zero-order valence-corrected chi connectivity index (χ0v) is 11.5. The molecule has 0 amide bonds. The Morgan fingerprint density at radius 2 is 2.05 bits per heavy atom. The maximum atomic E-state index is 13.6. The van der Waals surface area contributed by atoms with Gasteiger partial charge in [-0.25, -0.2) is 4.39 Å². The summed E-state index contributed by atoms with van der Waals surface area (Å²) in [5.41, 5.74) is 17.8. The van der Waals surface area contributed by atoms with Crippen LogP contribution >= 0.6 is 11.6 Å². The minimum Gasteiger partial charge on any atom is -0.398 e. The van der Waals surface area contributed by atoms with Crippen molar-refractivity contribution in [1.29, 1.82) is 0 Å². The molecule has 7 N–H and O–H groups in total. The van der Waals surface area contributed by atoms with Crippen LogP contribution in [0.25, 0.3) is 5.70 Å². The van der Waals surface area contributed by atoms with Gasteiger partial charge in [-0.3, -0.25) is 0 Å². The molecule has 7 heteroatoms. The van der Waals surface area contributed by atoms with Crippen molar-refractivity contribution in [2.24, 2.45) is 17.2 Å². The summed E-state index contributed by atoms with van der Waals surface area (Å²) < 4.78 is 18.6. The van der Waals surface area contributed by atoms with E-state index in [-0.39, 0.29) is 42.5 Å². The first-order valence-electron chi connectivity index (χ1n) is 5.81. The second-order valence-corrected chi connectivity index (χ2v) is 4.42. The Hall–Kier alpha value is -1.76. The van der Waals surface area contributed by atoms with E-state index >= 15 is 0 Å². The molecule has 0 saturated heterocycles. The number of ether oxygens (including phenoxy) is 1. The van der Waals surface area contributed by atoms with Crippen molar-refractivity contribution in [1.82, 2.24) is 0 Å². The highest BCUT2D eigenvalue weighted by molar-refractivity contribution is 6.30. The number of nitrogens with two attached hydrogens (primary N) is 3. The monoisotopic (exact) mass is 301 g/mol. The third-order valence-corrected chi connectivity index (χ3v) is 2.65. The number of aliphatic hydroxyl groups is 1. The van der Waals surface area contributed by atoms with Crippen LogP contribution < -0.4 is 17.2 Å². The van der Waals surface area contributed by atoms with Gasteiger partial charge >= 0.3 is 0 Å². The Morgan fingerprint density at radius 3 is 2.70 bits per heavy atom. The molecule has 1 aromatic rings. The Kier molecular flexibility index (Phi) is 6.30. The molecule has 0 bridgehead atoms. The molecule has 0 atom stereocenters.